The second-order valence-corrected chi connectivity index (χ2v) is 2.78. The summed E-state index contributed by atoms with van der Waals surface area (Å²) in [5.41, 5.74) is 0. The van der Waals surface area contributed by atoms with Crippen molar-refractivity contribution in [2.45, 2.75) is 0 Å². The lowest BCUT2D eigenvalue weighted by atomic mass is 10.3. The molecule has 0 spiro atoms. The molecule has 2 nitrogen and oxygen atoms in total. The SMILES string of the molecule is Pc1ccc2c(c1)OCO2.[B]. The Kier molecular flexibility index (Phi) is 2.40. The summed E-state index contributed by atoms with van der Waals surface area (Å²) in [5, 5.41) is 1.12. The van der Waals surface area contributed by atoms with Crippen LogP contribution in [0.5, 0.6) is 11.5 Å². The van der Waals surface area contributed by atoms with Gasteiger partial charge in [0.2, 0.25) is 6.79 Å². The molecule has 1 atom stereocenters. The third-order valence-electron chi connectivity index (χ3n) is 1.40. The molecule has 3 radical (unpaired) electrons. The number of rotatable bonds is 0. The molecule has 55 valence electrons. The molecule has 1 aliphatic rings. The van der Waals surface area contributed by atoms with Crippen molar-refractivity contribution >= 4 is 23.0 Å². The molecule has 0 N–H and O–H groups in total. The Morgan fingerprint density at radius 1 is 1.18 bits per heavy atom. The van der Waals surface area contributed by atoms with Gasteiger partial charge in [0.25, 0.3) is 0 Å². The van der Waals surface area contributed by atoms with Crippen molar-refractivity contribution < 1.29 is 9.47 Å². The first-order valence-corrected chi connectivity index (χ1v) is 3.59. The highest BCUT2D eigenvalue weighted by Crippen LogP contribution is 2.30. The summed E-state index contributed by atoms with van der Waals surface area (Å²) in [4.78, 5) is 0. The van der Waals surface area contributed by atoms with E-state index in [2.05, 4.69) is 9.24 Å². The van der Waals surface area contributed by atoms with E-state index < -0.39 is 0 Å². The van der Waals surface area contributed by atoms with Gasteiger partial charge in [-0.05, 0) is 17.4 Å². The molecule has 11 heavy (non-hydrogen) atoms. The smallest absolute Gasteiger partial charge is 0.231 e. The first kappa shape index (κ1) is 8.41. The number of hydrogen-bond acceptors (Lipinski definition) is 2. The molecule has 0 amide bonds. The van der Waals surface area contributed by atoms with Gasteiger partial charge in [-0.2, -0.15) is 0 Å². The van der Waals surface area contributed by atoms with Gasteiger partial charge >= 0.3 is 0 Å². The van der Waals surface area contributed by atoms with E-state index >= 15 is 0 Å². The summed E-state index contributed by atoms with van der Waals surface area (Å²) in [6, 6.07) is 5.82. The minimum Gasteiger partial charge on any atom is -0.454 e. The Balaban J connectivity index is 0.000000605. The van der Waals surface area contributed by atoms with Gasteiger partial charge in [0.15, 0.2) is 11.5 Å². The topological polar surface area (TPSA) is 18.5 Å². The molecule has 0 saturated carbocycles. The molecule has 0 aromatic heterocycles. The summed E-state index contributed by atoms with van der Waals surface area (Å²) in [7, 11) is 2.61. The van der Waals surface area contributed by atoms with Gasteiger partial charge < -0.3 is 9.47 Å². The summed E-state index contributed by atoms with van der Waals surface area (Å²) in [6.07, 6.45) is 0. The summed E-state index contributed by atoms with van der Waals surface area (Å²) < 4.78 is 10.3. The van der Waals surface area contributed by atoms with E-state index in [1.165, 1.54) is 0 Å². The number of ether oxygens (including phenoxy) is 2. The van der Waals surface area contributed by atoms with E-state index in [-0.39, 0.29) is 8.41 Å². The molecule has 1 aliphatic heterocycles. The van der Waals surface area contributed by atoms with Crippen LogP contribution in [0.2, 0.25) is 0 Å². The van der Waals surface area contributed by atoms with Crippen molar-refractivity contribution in [3.63, 3.8) is 0 Å². The van der Waals surface area contributed by atoms with Gasteiger partial charge in [-0.3, -0.25) is 0 Å². The summed E-state index contributed by atoms with van der Waals surface area (Å²) in [5.74, 6) is 1.68. The Hall–Kier alpha value is -0.685. The predicted octanol–water partition coefficient (Wildman–Crippen LogP) is 0.535. The van der Waals surface area contributed by atoms with Crippen LogP contribution in [0.1, 0.15) is 0 Å². The zero-order valence-corrected chi connectivity index (χ0v) is 7.07. The van der Waals surface area contributed by atoms with Crippen LogP contribution in [0.25, 0.3) is 0 Å². The van der Waals surface area contributed by atoms with Crippen LogP contribution in [0.3, 0.4) is 0 Å². The molecular formula is C7H7BO2P. The highest BCUT2D eigenvalue weighted by atomic mass is 31.0. The molecule has 1 unspecified atom stereocenters. The van der Waals surface area contributed by atoms with Crippen LogP contribution in [0, 0.1) is 0 Å². The average Bonchev–Trinajstić information content (AvgIpc) is 2.33. The second-order valence-electron chi connectivity index (χ2n) is 2.11. The maximum Gasteiger partial charge on any atom is 0.231 e. The first-order valence-electron chi connectivity index (χ1n) is 3.01. The van der Waals surface area contributed by atoms with Crippen LogP contribution in [-0.4, -0.2) is 15.2 Å². The van der Waals surface area contributed by atoms with Gasteiger partial charge in [0.05, 0.1) is 0 Å². The van der Waals surface area contributed by atoms with E-state index in [9.17, 15) is 0 Å². The quantitative estimate of drug-likeness (QED) is 0.412. The lowest BCUT2D eigenvalue weighted by Gasteiger charge is -1.94. The molecule has 0 fully saturated rings. The largest absolute Gasteiger partial charge is 0.454 e. The fraction of sp³-hybridized carbons (Fsp3) is 0.143. The minimum atomic E-state index is 0. The van der Waals surface area contributed by atoms with Crippen LogP contribution in [0.15, 0.2) is 18.2 Å². The normalized spacial score (nSPS) is 12.5. The van der Waals surface area contributed by atoms with Crippen molar-refractivity contribution in [1.82, 2.24) is 0 Å². The van der Waals surface area contributed by atoms with E-state index in [1.807, 2.05) is 18.2 Å². The van der Waals surface area contributed by atoms with Crippen LogP contribution in [0.4, 0.5) is 0 Å². The fourth-order valence-electron chi connectivity index (χ4n) is 0.913. The number of fused-ring (bicyclic) bond motifs is 1. The standard InChI is InChI=1S/C7H7O2P.B/c10-5-1-2-6-7(3-5)9-4-8-6;/h1-3H,4,10H2;. The number of benzene rings is 1. The van der Waals surface area contributed by atoms with Crippen LogP contribution in [-0.2, 0) is 0 Å². The maximum atomic E-state index is 5.14. The molecule has 0 saturated heterocycles. The van der Waals surface area contributed by atoms with Gasteiger partial charge in [-0.25, -0.2) is 0 Å². The van der Waals surface area contributed by atoms with Crippen LogP contribution >= 0.6 is 9.24 Å². The molecule has 1 aromatic rings. The lowest BCUT2D eigenvalue weighted by molar-refractivity contribution is 0.174. The third-order valence-corrected chi connectivity index (χ3v) is 1.76. The van der Waals surface area contributed by atoms with Gasteiger partial charge in [-0.15, -0.1) is 9.24 Å². The Bertz CT molecular complexity index is 265. The predicted molar refractivity (Wildman–Crippen MR) is 47.7 cm³/mol. The van der Waals surface area contributed by atoms with Gasteiger partial charge in [0, 0.05) is 8.41 Å². The van der Waals surface area contributed by atoms with Crippen molar-refractivity contribution in [3.05, 3.63) is 18.2 Å². The summed E-state index contributed by atoms with van der Waals surface area (Å²) in [6.45, 7) is 0.351. The Morgan fingerprint density at radius 2 is 1.91 bits per heavy atom. The highest BCUT2D eigenvalue weighted by molar-refractivity contribution is 7.27. The third kappa shape index (κ3) is 1.49. The zero-order chi connectivity index (χ0) is 6.97. The molecule has 0 aliphatic carbocycles. The highest BCUT2D eigenvalue weighted by Gasteiger charge is 2.11. The molecule has 0 bridgehead atoms. The molecule has 1 heterocycles. The lowest BCUT2D eigenvalue weighted by Crippen LogP contribution is -1.93. The molecule has 4 heteroatoms. The van der Waals surface area contributed by atoms with E-state index in [1.54, 1.807) is 0 Å². The average molecular weight is 165 g/mol. The van der Waals surface area contributed by atoms with Crippen molar-refractivity contribution in [1.29, 1.82) is 0 Å². The minimum absolute atomic E-state index is 0. The van der Waals surface area contributed by atoms with Gasteiger partial charge in [0.1, 0.15) is 0 Å². The van der Waals surface area contributed by atoms with E-state index in [0.717, 1.165) is 16.8 Å². The van der Waals surface area contributed by atoms with E-state index in [4.69, 9.17) is 9.47 Å². The van der Waals surface area contributed by atoms with Crippen molar-refractivity contribution in [2.75, 3.05) is 6.79 Å². The molecule has 2 rings (SSSR count). The Morgan fingerprint density at radius 3 is 2.73 bits per heavy atom. The monoisotopic (exact) mass is 165 g/mol. The Labute approximate surface area is 69.7 Å². The van der Waals surface area contributed by atoms with Crippen LogP contribution < -0.4 is 14.8 Å². The summed E-state index contributed by atoms with van der Waals surface area (Å²) >= 11 is 0. The van der Waals surface area contributed by atoms with Gasteiger partial charge in [-0.1, -0.05) is 6.07 Å². The number of hydrogen-bond donors (Lipinski definition) is 0. The molecule has 1 aromatic carbocycles. The van der Waals surface area contributed by atoms with Crippen molar-refractivity contribution in [2.24, 2.45) is 0 Å². The van der Waals surface area contributed by atoms with E-state index in [0.29, 0.717) is 6.79 Å². The van der Waals surface area contributed by atoms with Crippen molar-refractivity contribution in [3.8, 4) is 11.5 Å². The zero-order valence-electron chi connectivity index (χ0n) is 5.91. The fourth-order valence-corrected chi connectivity index (χ4v) is 1.16. The first-order chi connectivity index (χ1) is 4.86. The second kappa shape index (κ2) is 3.14. The maximum absolute atomic E-state index is 5.14. The molecular weight excluding hydrogens is 158 g/mol.